The van der Waals surface area contributed by atoms with Crippen LogP contribution in [0.25, 0.3) is 0 Å². The highest BCUT2D eigenvalue weighted by molar-refractivity contribution is 7.81. The standard InChI is InChI=1S/C10H18N2O3S/c1-5-7(8(6-16)11-2)9(12-15-4)10(13)14-3/h5,10,13,16H,6H2,1-4H3/b7-5+,11-8?,12-9+. The van der Waals surface area contributed by atoms with Crippen molar-refractivity contribution in [3.8, 4) is 0 Å². The highest BCUT2D eigenvalue weighted by Gasteiger charge is 2.20. The molecule has 5 nitrogen and oxygen atoms in total. The Bertz CT molecular complexity index is 300. The van der Waals surface area contributed by atoms with E-state index in [1.165, 1.54) is 14.2 Å². The first kappa shape index (κ1) is 15.2. The van der Waals surface area contributed by atoms with Gasteiger partial charge in [0.05, 0.1) is 5.71 Å². The number of methoxy groups -OCH3 is 1. The molecule has 0 fully saturated rings. The molecule has 6 heteroatoms. The van der Waals surface area contributed by atoms with Crippen molar-refractivity contribution >= 4 is 24.1 Å². The van der Waals surface area contributed by atoms with Crippen LogP contribution in [0.15, 0.2) is 21.8 Å². The maximum atomic E-state index is 9.64. The van der Waals surface area contributed by atoms with Crippen LogP contribution in [-0.2, 0) is 9.57 Å². The summed E-state index contributed by atoms with van der Waals surface area (Å²) in [4.78, 5) is 8.74. The van der Waals surface area contributed by atoms with Gasteiger partial charge in [0.1, 0.15) is 12.8 Å². The zero-order valence-corrected chi connectivity index (χ0v) is 10.9. The van der Waals surface area contributed by atoms with Gasteiger partial charge in [-0.2, -0.15) is 12.6 Å². The van der Waals surface area contributed by atoms with Gasteiger partial charge in [0.2, 0.25) is 6.29 Å². The molecule has 0 aromatic rings. The van der Waals surface area contributed by atoms with Crippen LogP contribution < -0.4 is 0 Å². The van der Waals surface area contributed by atoms with E-state index in [-0.39, 0.29) is 5.71 Å². The highest BCUT2D eigenvalue weighted by atomic mass is 32.1. The maximum absolute atomic E-state index is 9.64. The Kier molecular flexibility index (Phi) is 7.88. The summed E-state index contributed by atoms with van der Waals surface area (Å²) in [6.07, 6.45) is 0.626. The van der Waals surface area contributed by atoms with Crippen LogP contribution in [0.3, 0.4) is 0 Å². The van der Waals surface area contributed by atoms with Crippen molar-refractivity contribution in [1.29, 1.82) is 0 Å². The Morgan fingerprint density at radius 3 is 2.44 bits per heavy atom. The fourth-order valence-electron chi connectivity index (χ4n) is 1.18. The molecule has 92 valence electrons. The smallest absolute Gasteiger partial charge is 0.202 e. The summed E-state index contributed by atoms with van der Waals surface area (Å²) >= 11 is 4.16. The quantitative estimate of drug-likeness (QED) is 0.317. The van der Waals surface area contributed by atoms with E-state index in [4.69, 9.17) is 4.74 Å². The number of oxime groups is 1. The topological polar surface area (TPSA) is 63.4 Å². The molecular weight excluding hydrogens is 228 g/mol. The lowest BCUT2D eigenvalue weighted by molar-refractivity contribution is -0.0219. The summed E-state index contributed by atoms with van der Waals surface area (Å²) < 4.78 is 4.81. The van der Waals surface area contributed by atoms with Gasteiger partial charge in [-0.1, -0.05) is 11.2 Å². The average Bonchev–Trinajstić information content (AvgIpc) is 2.32. The number of rotatable bonds is 6. The molecule has 0 aliphatic rings. The van der Waals surface area contributed by atoms with Gasteiger partial charge in [-0.3, -0.25) is 4.99 Å². The van der Waals surface area contributed by atoms with E-state index in [2.05, 4.69) is 27.6 Å². The van der Waals surface area contributed by atoms with Crippen LogP contribution in [0.4, 0.5) is 0 Å². The van der Waals surface area contributed by atoms with Gasteiger partial charge in [0.25, 0.3) is 0 Å². The van der Waals surface area contributed by atoms with E-state index in [0.29, 0.717) is 17.0 Å². The van der Waals surface area contributed by atoms with Crippen LogP contribution in [0, 0.1) is 0 Å². The minimum absolute atomic E-state index is 0.280. The van der Waals surface area contributed by atoms with Gasteiger partial charge in [0.15, 0.2) is 0 Å². The van der Waals surface area contributed by atoms with Crippen molar-refractivity contribution in [2.45, 2.75) is 13.2 Å². The molecule has 0 bridgehead atoms. The van der Waals surface area contributed by atoms with Crippen molar-refractivity contribution in [1.82, 2.24) is 0 Å². The second-order valence-corrected chi connectivity index (χ2v) is 3.09. The molecule has 0 rings (SSSR count). The molecular formula is C10H18N2O3S. The Balaban J connectivity index is 5.26. The second kappa shape index (κ2) is 8.32. The Hall–Kier alpha value is -0.850. The zero-order chi connectivity index (χ0) is 12.6. The van der Waals surface area contributed by atoms with Gasteiger partial charge < -0.3 is 14.7 Å². The summed E-state index contributed by atoms with van der Waals surface area (Å²) in [5.41, 5.74) is 1.65. The SMILES string of the molecule is C/C=C(C(CS)=NC)/C(=N\OC)C(O)OC. The van der Waals surface area contributed by atoms with Crippen molar-refractivity contribution in [2.75, 3.05) is 27.0 Å². The summed E-state index contributed by atoms with van der Waals surface area (Å²) in [7, 11) is 4.43. The first-order valence-electron chi connectivity index (χ1n) is 4.71. The molecule has 0 amide bonds. The fourth-order valence-corrected chi connectivity index (χ4v) is 1.49. The number of thiol groups is 1. The minimum atomic E-state index is -1.15. The van der Waals surface area contributed by atoms with Crippen LogP contribution in [0.5, 0.6) is 0 Å². The monoisotopic (exact) mass is 246 g/mol. The third kappa shape index (κ3) is 3.96. The molecule has 0 saturated heterocycles. The molecule has 0 radical (unpaired) electrons. The zero-order valence-electron chi connectivity index (χ0n) is 9.97. The molecule has 0 aromatic carbocycles. The number of allylic oxidation sites excluding steroid dienone is 1. The van der Waals surface area contributed by atoms with Gasteiger partial charge in [-0.15, -0.1) is 0 Å². The first-order valence-corrected chi connectivity index (χ1v) is 5.34. The maximum Gasteiger partial charge on any atom is 0.202 e. The largest absolute Gasteiger partial charge is 0.399 e. The molecule has 0 spiro atoms. The molecule has 0 aliphatic heterocycles. The molecule has 16 heavy (non-hydrogen) atoms. The molecule has 1 unspecified atom stereocenters. The summed E-state index contributed by atoms with van der Waals surface area (Å²) in [6.45, 7) is 1.82. The van der Waals surface area contributed by atoms with E-state index in [9.17, 15) is 5.11 Å². The molecule has 0 aliphatic carbocycles. The first-order chi connectivity index (χ1) is 7.65. The Morgan fingerprint density at radius 1 is 1.50 bits per heavy atom. The fraction of sp³-hybridized carbons (Fsp3) is 0.600. The number of aliphatic imine (C=N–C) groups is 1. The van der Waals surface area contributed by atoms with Crippen LogP contribution in [0.1, 0.15) is 6.92 Å². The molecule has 1 N–H and O–H groups in total. The summed E-state index contributed by atoms with van der Waals surface area (Å²) in [5.74, 6) is 0.440. The Labute approximate surface area is 101 Å². The number of aliphatic hydroxyl groups is 1. The van der Waals surface area contributed by atoms with Crippen molar-refractivity contribution in [2.24, 2.45) is 10.1 Å². The average molecular weight is 246 g/mol. The lowest BCUT2D eigenvalue weighted by atomic mass is 10.1. The lowest BCUT2D eigenvalue weighted by Crippen LogP contribution is -2.28. The summed E-state index contributed by atoms with van der Waals surface area (Å²) in [5, 5.41) is 13.4. The van der Waals surface area contributed by atoms with E-state index in [0.717, 1.165) is 0 Å². The minimum Gasteiger partial charge on any atom is -0.399 e. The van der Waals surface area contributed by atoms with Gasteiger partial charge in [-0.25, -0.2) is 0 Å². The third-order valence-corrected chi connectivity index (χ3v) is 2.24. The van der Waals surface area contributed by atoms with Crippen molar-refractivity contribution < 1.29 is 14.7 Å². The second-order valence-electron chi connectivity index (χ2n) is 2.78. The van der Waals surface area contributed by atoms with Crippen molar-refractivity contribution in [3.63, 3.8) is 0 Å². The van der Waals surface area contributed by atoms with Gasteiger partial charge >= 0.3 is 0 Å². The van der Waals surface area contributed by atoms with Crippen LogP contribution >= 0.6 is 12.6 Å². The summed E-state index contributed by atoms with van der Waals surface area (Å²) in [6, 6.07) is 0. The number of nitrogens with zero attached hydrogens (tertiary/aromatic N) is 2. The van der Waals surface area contributed by atoms with E-state index in [1.807, 2.05) is 6.92 Å². The number of hydrogen-bond donors (Lipinski definition) is 2. The third-order valence-electron chi connectivity index (χ3n) is 1.94. The van der Waals surface area contributed by atoms with Crippen molar-refractivity contribution in [3.05, 3.63) is 11.6 Å². The normalized spacial score (nSPS) is 16.2. The predicted molar refractivity (Wildman–Crippen MR) is 68.4 cm³/mol. The molecule has 0 saturated carbocycles. The number of hydrogen-bond acceptors (Lipinski definition) is 6. The van der Waals surface area contributed by atoms with E-state index >= 15 is 0 Å². The lowest BCUT2D eigenvalue weighted by Gasteiger charge is -2.15. The van der Waals surface area contributed by atoms with E-state index < -0.39 is 6.29 Å². The number of aliphatic hydroxyl groups excluding tert-OH is 1. The molecule has 1 atom stereocenters. The predicted octanol–water partition coefficient (Wildman–Crippen LogP) is 0.900. The van der Waals surface area contributed by atoms with Crippen LogP contribution in [-0.4, -0.2) is 49.8 Å². The number of ether oxygens (including phenoxy) is 1. The highest BCUT2D eigenvalue weighted by Crippen LogP contribution is 2.09. The molecule has 0 aromatic heterocycles. The van der Waals surface area contributed by atoms with Gasteiger partial charge in [0, 0.05) is 25.5 Å². The van der Waals surface area contributed by atoms with E-state index in [1.54, 1.807) is 13.1 Å². The van der Waals surface area contributed by atoms with Crippen LogP contribution in [0.2, 0.25) is 0 Å². The molecule has 0 heterocycles. The Morgan fingerprint density at radius 2 is 2.12 bits per heavy atom. The van der Waals surface area contributed by atoms with Gasteiger partial charge in [-0.05, 0) is 6.92 Å².